The molecule has 9 amide bonds. The summed E-state index contributed by atoms with van der Waals surface area (Å²) in [6.45, 7) is -0.568. The lowest BCUT2D eigenvalue weighted by Crippen LogP contribution is -2.64. The van der Waals surface area contributed by atoms with E-state index in [1.807, 2.05) is 89.6 Å². The molecule has 6 rings (SSSR count). The zero-order valence-corrected chi connectivity index (χ0v) is 47.0. The Labute approximate surface area is 475 Å². The van der Waals surface area contributed by atoms with Crippen molar-refractivity contribution in [3.8, 4) is 5.75 Å². The van der Waals surface area contributed by atoms with E-state index in [4.69, 9.17) is 14.2 Å². The minimum absolute atomic E-state index is 0.00891. The Balaban J connectivity index is 1.12. The molecule has 1 unspecified atom stereocenters. The topological polar surface area (TPSA) is 266 Å². The third-order valence-corrected chi connectivity index (χ3v) is 14.1. The van der Waals surface area contributed by atoms with Gasteiger partial charge >= 0.3 is 5.97 Å². The number of hydrogen-bond acceptors (Lipinski definition) is 15. The highest BCUT2D eigenvalue weighted by atomic mass is 32.1. The number of thiophene rings is 1. The maximum Gasteiger partial charge on any atom is 0.307 e. The van der Waals surface area contributed by atoms with Crippen molar-refractivity contribution in [3.05, 3.63) is 124 Å². The predicted octanol–water partition coefficient (Wildman–Crippen LogP) is 0.562. The van der Waals surface area contributed by atoms with Gasteiger partial charge in [0, 0.05) is 86.7 Å². The van der Waals surface area contributed by atoms with Crippen LogP contribution in [0.5, 0.6) is 5.75 Å². The molecule has 0 radical (unpaired) electrons. The zero-order valence-electron chi connectivity index (χ0n) is 46.2. The molecule has 3 atom stereocenters. The van der Waals surface area contributed by atoms with Gasteiger partial charge in [0.15, 0.2) is 6.23 Å². The fourth-order valence-corrected chi connectivity index (χ4v) is 9.55. The summed E-state index contributed by atoms with van der Waals surface area (Å²) in [7, 11) is 4.12. The number of ether oxygens (including phenoxy) is 3. The quantitative estimate of drug-likeness (QED) is 0.0521. The first kappa shape index (κ1) is 62.0. The van der Waals surface area contributed by atoms with Crippen molar-refractivity contribution in [3.63, 3.8) is 0 Å². The molecule has 2 fully saturated rings. The number of carbonyl (C=O) groups is 10. The standard InChI is InChI=1S/C57H72N10O13S/c1-40(68)59-22-23-64(36-52(72)62(2)34-51(71)63(3)35-53(73)65(26-27-78-4)33-49(70)61-50-19-20-55(75)80-50)54(74)37-66-24-25-67(47(57(66)77)30-41-11-7-5-8-12-41)56(76)46(60-48(69)32-58-31-44-21-28-81-39-44)29-42-15-17-45(18-16-42)79-38-43-13-9-6-10-14-43/h5-18,21,28,39,46-47,50,58H,19-20,22-27,29-38H2,1-4H3,(H,59,68)(H,60,69)(H,61,70)/t46-,47+,50?/m0/s1. The number of benzene rings is 3. The Kier molecular flexibility index (Phi) is 24.1. The number of rotatable bonds is 30. The zero-order chi connectivity index (χ0) is 58.3. The van der Waals surface area contributed by atoms with Gasteiger partial charge in [-0.25, -0.2) is 0 Å². The Bertz CT molecular complexity index is 2770. The van der Waals surface area contributed by atoms with Crippen molar-refractivity contribution in [2.24, 2.45) is 0 Å². The monoisotopic (exact) mass is 1140 g/mol. The molecule has 0 aliphatic carbocycles. The number of nitrogens with one attached hydrogen (secondary N) is 4. The van der Waals surface area contributed by atoms with E-state index in [0.717, 1.165) is 32.1 Å². The molecule has 0 bridgehead atoms. The molecule has 0 saturated carbocycles. The van der Waals surface area contributed by atoms with Gasteiger partial charge in [0.2, 0.25) is 53.2 Å². The van der Waals surface area contributed by atoms with E-state index in [1.54, 1.807) is 12.1 Å². The Morgan fingerprint density at radius 2 is 1.41 bits per heavy atom. The molecule has 2 aliphatic heterocycles. The molecular weight excluding hydrogens is 1060 g/mol. The molecule has 0 spiro atoms. The molecule has 4 N–H and O–H groups in total. The van der Waals surface area contributed by atoms with E-state index in [0.29, 0.717) is 25.3 Å². The van der Waals surface area contributed by atoms with Crippen molar-refractivity contribution in [2.75, 3.05) is 99.8 Å². The van der Waals surface area contributed by atoms with Crippen LogP contribution < -0.4 is 26.0 Å². The van der Waals surface area contributed by atoms with Crippen LogP contribution >= 0.6 is 11.3 Å². The largest absolute Gasteiger partial charge is 0.489 e. The fourth-order valence-electron chi connectivity index (χ4n) is 8.88. The number of methoxy groups -OCH3 is 1. The minimum atomic E-state index is -1.11. The van der Waals surface area contributed by atoms with Crippen LogP contribution in [0.3, 0.4) is 0 Å². The van der Waals surface area contributed by atoms with Crippen LogP contribution in [0.1, 0.15) is 42.0 Å². The number of amides is 9. The lowest BCUT2D eigenvalue weighted by atomic mass is 9.98. The van der Waals surface area contributed by atoms with Gasteiger partial charge in [0.1, 0.15) is 24.4 Å². The number of hydrogen-bond donors (Lipinski definition) is 4. The molecule has 81 heavy (non-hydrogen) atoms. The van der Waals surface area contributed by atoms with E-state index in [9.17, 15) is 47.9 Å². The van der Waals surface area contributed by atoms with Crippen LogP contribution in [0.15, 0.2) is 102 Å². The first-order valence-corrected chi connectivity index (χ1v) is 27.6. The number of esters is 1. The highest BCUT2D eigenvalue weighted by Crippen LogP contribution is 2.22. The average molecular weight is 1140 g/mol. The summed E-state index contributed by atoms with van der Waals surface area (Å²) < 4.78 is 16.1. The van der Waals surface area contributed by atoms with Gasteiger partial charge in [-0.15, -0.1) is 0 Å². The predicted molar refractivity (Wildman–Crippen MR) is 297 cm³/mol. The molecule has 3 heterocycles. The first-order valence-electron chi connectivity index (χ1n) is 26.6. The Morgan fingerprint density at radius 1 is 0.741 bits per heavy atom. The summed E-state index contributed by atoms with van der Waals surface area (Å²) in [5.41, 5.74) is 3.46. The lowest BCUT2D eigenvalue weighted by molar-refractivity contribution is -0.155. The van der Waals surface area contributed by atoms with Gasteiger partial charge < -0.3 is 64.9 Å². The van der Waals surface area contributed by atoms with Crippen molar-refractivity contribution in [1.29, 1.82) is 0 Å². The second kappa shape index (κ2) is 31.5. The average Bonchev–Trinajstić information content (AvgIpc) is 4.18. The van der Waals surface area contributed by atoms with Crippen molar-refractivity contribution >= 4 is 70.5 Å². The molecule has 1 aromatic heterocycles. The molecule has 4 aromatic rings. The van der Waals surface area contributed by atoms with E-state index >= 15 is 0 Å². The van der Waals surface area contributed by atoms with Gasteiger partial charge in [-0.1, -0.05) is 72.8 Å². The number of piperazine rings is 1. The summed E-state index contributed by atoms with van der Waals surface area (Å²) in [6, 6.07) is 25.8. The van der Waals surface area contributed by atoms with E-state index in [1.165, 1.54) is 59.1 Å². The minimum Gasteiger partial charge on any atom is -0.489 e. The van der Waals surface area contributed by atoms with Crippen molar-refractivity contribution in [1.82, 2.24) is 50.7 Å². The smallest absolute Gasteiger partial charge is 0.307 e. The Morgan fingerprint density at radius 3 is 2.05 bits per heavy atom. The molecule has 24 heteroatoms. The van der Waals surface area contributed by atoms with Crippen LogP contribution in [-0.2, 0) is 83.4 Å². The Hall–Kier alpha value is -8.22. The summed E-state index contributed by atoms with van der Waals surface area (Å²) >= 11 is 1.54. The molecule has 23 nitrogen and oxygen atoms in total. The third-order valence-electron chi connectivity index (χ3n) is 13.4. The summed E-state index contributed by atoms with van der Waals surface area (Å²) in [6.07, 6.45) is -0.200. The first-order chi connectivity index (χ1) is 39.0. The second-order valence-corrected chi connectivity index (χ2v) is 20.4. The third kappa shape index (κ3) is 20.1. The van der Waals surface area contributed by atoms with Gasteiger partial charge in [0.25, 0.3) is 0 Å². The fraction of sp³-hybridized carbons (Fsp3) is 0.439. The van der Waals surface area contributed by atoms with Crippen LogP contribution in [0.2, 0.25) is 0 Å². The lowest BCUT2D eigenvalue weighted by Gasteiger charge is -2.42. The van der Waals surface area contributed by atoms with Crippen molar-refractivity contribution < 1.29 is 62.2 Å². The van der Waals surface area contributed by atoms with Crippen LogP contribution in [0, 0.1) is 0 Å². The van der Waals surface area contributed by atoms with Gasteiger partial charge in [-0.05, 0) is 51.2 Å². The number of nitrogens with zero attached hydrogens (tertiary/aromatic N) is 6. The highest BCUT2D eigenvalue weighted by Gasteiger charge is 2.41. The highest BCUT2D eigenvalue weighted by molar-refractivity contribution is 7.07. The molecule has 3 aromatic carbocycles. The summed E-state index contributed by atoms with van der Waals surface area (Å²) in [5, 5.41) is 15.1. The molecule has 434 valence electrons. The second-order valence-electron chi connectivity index (χ2n) is 19.7. The maximum atomic E-state index is 15.0. The number of carbonyl (C=O) groups excluding carboxylic acids is 10. The van der Waals surface area contributed by atoms with Crippen molar-refractivity contribution in [2.45, 2.75) is 64.1 Å². The molecule has 2 saturated heterocycles. The summed E-state index contributed by atoms with van der Waals surface area (Å²) in [4.78, 5) is 142. The van der Waals surface area contributed by atoms with Crippen LogP contribution in [0.25, 0.3) is 0 Å². The van der Waals surface area contributed by atoms with Gasteiger partial charge in [-0.2, -0.15) is 11.3 Å². The van der Waals surface area contributed by atoms with E-state index in [2.05, 4.69) is 21.3 Å². The SMILES string of the molecule is COCCN(CC(=O)NC1CCC(=O)O1)C(=O)CN(C)C(=O)CN(C)C(=O)CN(CCNC(C)=O)C(=O)CN1CCN(C(=O)[C@H](Cc2ccc(OCc3ccccc3)cc2)NC(=O)CNCc2ccsc2)[C@H](Cc2ccccc2)C1=O. The van der Waals surface area contributed by atoms with Crippen LogP contribution in [0.4, 0.5) is 0 Å². The molecular formula is C57H72N10O13S. The summed E-state index contributed by atoms with van der Waals surface area (Å²) in [5.74, 6) is -4.82. The number of cyclic esters (lactones) is 1. The van der Waals surface area contributed by atoms with E-state index in [-0.39, 0.29) is 71.0 Å². The van der Waals surface area contributed by atoms with Gasteiger partial charge in [-0.3, -0.25) is 47.9 Å². The van der Waals surface area contributed by atoms with Gasteiger partial charge in [0.05, 0.1) is 52.3 Å². The normalized spacial score (nSPS) is 15.2. The van der Waals surface area contributed by atoms with E-state index < -0.39 is 104 Å². The van der Waals surface area contributed by atoms with Crippen LogP contribution in [-0.4, -0.2) is 207 Å². The maximum absolute atomic E-state index is 15.0. The molecule has 2 aliphatic rings. The number of likely N-dealkylation sites (N-methyl/N-ethyl adjacent to an activating group) is 2.